The summed E-state index contributed by atoms with van der Waals surface area (Å²) in [6, 6.07) is 11.4. The Morgan fingerprint density at radius 1 is 0.886 bits per heavy atom. The van der Waals surface area contributed by atoms with E-state index in [0.29, 0.717) is 29.0 Å². The van der Waals surface area contributed by atoms with Gasteiger partial charge in [0.15, 0.2) is 0 Å². The van der Waals surface area contributed by atoms with Crippen LogP contribution in [-0.4, -0.2) is 53.8 Å². The highest BCUT2D eigenvalue weighted by molar-refractivity contribution is 7.92. The van der Waals surface area contributed by atoms with E-state index in [1.165, 1.54) is 30.5 Å². The molecule has 0 amide bonds. The standard InChI is InChI=1S/C23H23Cl3N4O4S/c1-33-17-4-5-20(21(13-17)34-2)29-7-9-30(10-8-29)23-19(26)12-16(14-27-23)28-35(31,32)22-6-3-15(24)11-18(22)25/h3-6,11-14,28H,7-10H2,1-2H3. The van der Waals surface area contributed by atoms with Crippen molar-refractivity contribution in [3.8, 4) is 11.5 Å². The Labute approximate surface area is 219 Å². The van der Waals surface area contributed by atoms with Crippen LogP contribution in [0.5, 0.6) is 11.5 Å². The number of nitrogens with one attached hydrogen (secondary N) is 1. The van der Waals surface area contributed by atoms with E-state index in [1.54, 1.807) is 14.2 Å². The van der Waals surface area contributed by atoms with Gasteiger partial charge in [-0.05, 0) is 36.4 Å². The largest absolute Gasteiger partial charge is 0.497 e. The molecule has 1 aromatic heterocycles. The van der Waals surface area contributed by atoms with Gasteiger partial charge in [0, 0.05) is 37.3 Å². The number of ether oxygens (including phenoxy) is 2. The van der Waals surface area contributed by atoms with Gasteiger partial charge in [-0.1, -0.05) is 34.8 Å². The summed E-state index contributed by atoms with van der Waals surface area (Å²) in [6.45, 7) is 2.80. The number of hydrogen-bond donors (Lipinski definition) is 1. The normalized spacial score (nSPS) is 14.1. The van der Waals surface area contributed by atoms with Crippen LogP contribution in [-0.2, 0) is 10.0 Å². The summed E-state index contributed by atoms with van der Waals surface area (Å²) >= 11 is 18.4. The van der Waals surface area contributed by atoms with Crippen LogP contribution in [0.2, 0.25) is 15.1 Å². The lowest BCUT2D eigenvalue weighted by molar-refractivity contribution is 0.394. The molecule has 12 heteroatoms. The molecule has 35 heavy (non-hydrogen) atoms. The van der Waals surface area contributed by atoms with Crippen molar-refractivity contribution in [2.45, 2.75) is 4.90 Å². The van der Waals surface area contributed by atoms with Gasteiger partial charge in [0.25, 0.3) is 10.0 Å². The highest BCUT2D eigenvalue weighted by Gasteiger charge is 2.24. The average Bonchev–Trinajstić information content (AvgIpc) is 2.83. The number of benzene rings is 2. The molecule has 0 bridgehead atoms. The smallest absolute Gasteiger partial charge is 0.263 e. The first-order valence-electron chi connectivity index (χ1n) is 10.6. The molecule has 1 N–H and O–H groups in total. The predicted molar refractivity (Wildman–Crippen MR) is 140 cm³/mol. The first-order chi connectivity index (χ1) is 16.7. The summed E-state index contributed by atoms with van der Waals surface area (Å²) in [6.07, 6.45) is 1.43. The molecule has 2 aromatic carbocycles. The molecule has 0 spiro atoms. The number of methoxy groups -OCH3 is 2. The highest BCUT2D eigenvalue weighted by Crippen LogP contribution is 2.34. The molecular formula is C23H23Cl3N4O4S. The van der Waals surface area contributed by atoms with Crippen LogP contribution >= 0.6 is 34.8 Å². The molecule has 2 heterocycles. The Balaban J connectivity index is 1.45. The number of rotatable bonds is 7. The van der Waals surface area contributed by atoms with Crippen molar-refractivity contribution in [2.24, 2.45) is 0 Å². The third-order valence-corrected chi connectivity index (χ3v) is 7.94. The van der Waals surface area contributed by atoms with Crippen LogP contribution in [0.25, 0.3) is 0 Å². The topological polar surface area (TPSA) is 84.0 Å². The molecule has 1 aliphatic rings. The fraction of sp³-hybridized carbons (Fsp3) is 0.261. The van der Waals surface area contributed by atoms with Crippen LogP contribution in [0.3, 0.4) is 0 Å². The Bertz CT molecular complexity index is 1330. The number of aromatic nitrogens is 1. The summed E-state index contributed by atoms with van der Waals surface area (Å²) in [5.74, 6) is 2.06. The fourth-order valence-electron chi connectivity index (χ4n) is 3.83. The van der Waals surface area contributed by atoms with Gasteiger partial charge in [0.2, 0.25) is 0 Å². The molecule has 0 saturated carbocycles. The number of anilines is 3. The Morgan fingerprint density at radius 2 is 1.60 bits per heavy atom. The van der Waals surface area contributed by atoms with E-state index in [4.69, 9.17) is 44.3 Å². The summed E-state index contributed by atoms with van der Waals surface area (Å²) in [7, 11) is -0.693. The van der Waals surface area contributed by atoms with Crippen molar-refractivity contribution < 1.29 is 17.9 Å². The van der Waals surface area contributed by atoms with E-state index in [2.05, 4.69) is 19.5 Å². The Hall–Kier alpha value is -2.59. The van der Waals surface area contributed by atoms with Crippen molar-refractivity contribution in [2.75, 3.05) is 54.9 Å². The number of sulfonamides is 1. The molecule has 4 rings (SSSR count). The van der Waals surface area contributed by atoms with E-state index in [0.717, 1.165) is 30.3 Å². The van der Waals surface area contributed by atoms with Gasteiger partial charge in [-0.25, -0.2) is 13.4 Å². The second-order valence-electron chi connectivity index (χ2n) is 7.72. The summed E-state index contributed by atoms with van der Waals surface area (Å²) in [5.41, 5.74) is 1.21. The lowest BCUT2D eigenvalue weighted by Gasteiger charge is -2.37. The second-order valence-corrected chi connectivity index (χ2v) is 10.6. The molecule has 1 fully saturated rings. The Morgan fingerprint density at radius 3 is 2.23 bits per heavy atom. The third-order valence-electron chi connectivity index (χ3n) is 5.56. The van der Waals surface area contributed by atoms with E-state index >= 15 is 0 Å². The minimum Gasteiger partial charge on any atom is -0.497 e. The van der Waals surface area contributed by atoms with Crippen molar-refractivity contribution in [1.29, 1.82) is 0 Å². The van der Waals surface area contributed by atoms with Crippen molar-refractivity contribution in [3.05, 3.63) is 63.7 Å². The maximum atomic E-state index is 12.8. The maximum absolute atomic E-state index is 12.8. The number of nitrogens with zero attached hydrogens (tertiary/aromatic N) is 3. The second kappa shape index (κ2) is 10.6. The summed E-state index contributed by atoms with van der Waals surface area (Å²) in [4.78, 5) is 8.62. The van der Waals surface area contributed by atoms with Crippen molar-refractivity contribution in [1.82, 2.24) is 4.98 Å². The van der Waals surface area contributed by atoms with Gasteiger partial charge >= 0.3 is 0 Å². The minimum absolute atomic E-state index is 0.0204. The monoisotopic (exact) mass is 556 g/mol. The Kier molecular flexibility index (Phi) is 7.70. The molecule has 0 atom stereocenters. The lowest BCUT2D eigenvalue weighted by atomic mass is 10.2. The van der Waals surface area contributed by atoms with Gasteiger partial charge in [-0.3, -0.25) is 4.72 Å². The average molecular weight is 558 g/mol. The molecule has 0 radical (unpaired) electrons. The van der Waals surface area contributed by atoms with E-state index in [1.807, 2.05) is 18.2 Å². The van der Waals surface area contributed by atoms with Crippen molar-refractivity contribution in [3.63, 3.8) is 0 Å². The van der Waals surface area contributed by atoms with E-state index < -0.39 is 10.0 Å². The number of pyridine rings is 1. The predicted octanol–water partition coefficient (Wildman–Crippen LogP) is 5.19. The van der Waals surface area contributed by atoms with Crippen LogP contribution < -0.4 is 24.0 Å². The summed E-state index contributed by atoms with van der Waals surface area (Å²) < 4.78 is 38.8. The number of halogens is 3. The molecule has 1 aliphatic heterocycles. The fourth-order valence-corrected chi connectivity index (χ4v) is 5.92. The van der Waals surface area contributed by atoms with Gasteiger partial charge in [0.05, 0.1) is 41.8 Å². The number of hydrogen-bond acceptors (Lipinski definition) is 7. The van der Waals surface area contributed by atoms with Gasteiger partial charge in [0.1, 0.15) is 22.2 Å². The number of piperazine rings is 1. The van der Waals surface area contributed by atoms with Crippen LogP contribution in [0.4, 0.5) is 17.2 Å². The zero-order chi connectivity index (χ0) is 25.2. The molecule has 0 aliphatic carbocycles. The highest BCUT2D eigenvalue weighted by atomic mass is 35.5. The molecule has 3 aromatic rings. The van der Waals surface area contributed by atoms with E-state index in [-0.39, 0.29) is 15.6 Å². The van der Waals surface area contributed by atoms with Gasteiger partial charge < -0.3 is 19.3 Å². The quantitative estimate of drug-likeness (QED) is 0.428. The van der Waals surface area contributed by atoms with Crippen LogP contribution in [0, 0.1) is 0 Å². The maximum Gasteiger partial charge on any atom is 0.263 e. The SMILES string of the molecule is COc1ccc(N2CCN(c3ncc(NS(=O)(=O)c4ccc(Cl)cc4Cl)cc3Cl)CC2)c(OC)c1. The molecule has 0 unspecified atom stereocenters. The van der Waals surface area contributed by atoms with Crippen LogP contribution in [0.1, 0.15) is 0 Å². The zero-order valence-electron chi connectivity index (χ0n) is 19.0. The first-order valence-corrected chi connectivity index (χ1v) is 13.2. The third kappa shape index (κ3) is 5.64. The molecule has 8 nitrogen and oxygen atoms in total. The first kappa shape index (κ1) is 25.5. The zero-order valence-corrected chi connectivity index (χ0v) is 22.0. The van der Waals surface area contributed by atoms with Crippen LogP contribution in [0.15, 0.2) is 53.6 Å². The minimum atomic E-state index is -3.95. The molecule has 1 saturated heterocycles. The van der Waals surface area contributed by atoms with E-state index in [9.17, 15) is 8.42 Å². The van der Waals surface area contributed by atoms with Crippen molar-refractivity contribution >= 4 is 62.0 Å². The molecular weight excluding hydrogens is 535 g/mol. The molecule has 186 valence electrons. The summed E-state index contributed by atoms with van der Waals surface area (Å²) in [5, 5.41) is 0.698. The van der Waals surface area contributed by atoms with Gasteiger partial charge in [-0.15, -0.1) is 0 Å². The van der Waals surface area contributed by atoms with Gasteiger partial charge in [-0.2, -0.15) is 0 Å². The lowest BCUT2D eigenvalue weighted by Crippen LogP contribution is -2.47.